The number of nitrogens with zero attached hydrogens (tertiary/aromatic N) is 4. The first-order valence-corrected chi connectivity index (χ1v) is 7.02. The number of anilines is 2. The zero-order chi connectivity index (χ0) is 12.8. The van der Waals surface area contributed by atoms with Gasteiger partial charge in [0.2, 0.25) is 0 Å². The van der Waals surface area contributed by atoms with Gasteiger partial charge in [-0.2, -0.15) is 11.8 Å². The summed E-state index contributed by atoms with van der Waals surface area (Å²) in [6.45, 7) is 6.49. The van der Waals surface area contributed by atoms with E-state index in [1.807, 2.05) is 22.4 Å². The molecule has 0 atom stereocenters. The van der Waals surface area contributed by atoms with Crippen molar-refractivity contribution in [1.82, 2.24) is 14.4 Å². The van der Waals surface area contributed by atoms with Crippen LogP contribution in [0.3, 0.4) is 0 Å². The molecule has 1 aliphatic rings. The fraction of sp³-hybridized carbons (Fsp3) is 0.500. The first-order valence-electron chi connectivity index (χ1n) is 6.03. The van der Waals surface area contributed by atoms with Crippen LogP contribution in [-0.2, 0) is 0 Å². The predicted molar refractivity (Wildman–Crippen MR) is 76.1 cm³/mol. The lowest BCUT2D eigenvalue weighted by atomic mass is 10.2. The van der Waals surface area contributed by atoms with Gasteiger partial charge < -0.3 is 15.0 Å². The Hall–Kier alpha value is -1.43. The van der Waals surface area contributed by atoms with E-state index in [-0.39, 0.29) is 4.75 Å². The second-order valence-corrected chi connectivity index (χ2v) is 6.98. The molecule has 1 aliphatic heterocycles. The number of rotatable bonds is 1. The Kier molecular flexibility index (Phi) is 2.62. The molecule has 0 amide bonds. The van der Waals surface area contributed by atoms with Crippen molar-refractivity contribution in [3.8, 4) is 0 Å². The van der Waals surface area contributed by atoms with Crippen LogP contribution in [0.25, 0.3) is 5.65 Å². The van der Waals surface area contributed by atoms with Crippen LogP contribution >= 0.6 is 11.8 Å². The van der Waals surface area contributed by atoms with Gasteiger partial charge in [0, 0.05) is 36.0 Å². The number of imidazole rings is 1. The molecule has 0 bridgehead atoms. The van der Waals surface area contributed by atoms with Crippen LogP contribution in [-0.4, -0.2) is 38.0 Å². The van der Waals surface area contributed by atoms with Gasteiger partial charge in [-0.3, -0.25) is 0 Å². The average Bonchev–Trinajstić information content (AvgIpc) is 2.74. The molecule has 0 unspecified atom stereocenters. The van der Waals surface area contributed by atoms with E-state index < -0.39 is 0 Å². The van der Waals surface area contributed by atoms with E-state index in [4.69, 9.17) is 5.73 Å². The van der Waals surface area contributed by atoms with Crippen molar-refractivity contribution in [2.24, 2.45) is 0 Å². The molecule has 3 rings (SSSR count). The van der Waals surface area contributed by atoms with E-state index in [1.54, 1.807) is 12.4 Å². The molecule has 2 aromatic heterocycles. The van der Waals surface area contributed by atoms with Crippen molar-refractivity contribution < 1.29 is 0 Å². The van der Waals surface area contributed by atoms with Crippen LogP contribution in [0.2, 0.25) is 0 Å². The van der Waals surface area contributed by atoms with Crippen molar-refractivity contribution in [3.05, 3.63) is 18.6 Å². The summed E-state index contributed by atoms with van der Waals surface area (Å²) < 4.78 is 2.18. The molecule has 6 heteroatoms. The highest BCUT2D eigenvalue weighted by atomic mass is 32.2. The lowest BCUT2D eigenvalue weighted by molar-refractivity contribution is 0.643. The molecule has 18 heavy (non-hydrogen) atoms. The minimum atomic E-state index is 0.244. The molecule has 2 aromatic rings. The fourth-order valence-corrected chi connectivity index (χ4v) is 3.45. The standard InChI is InChI=1S/C12H17N5S/c1-12(2)8-17(5-6-18-12)11-10-14-3-4-16(10)7-9(13)15-11/h3-4,7H,5-6,8,13H2,1-2H3. The molecule has 0 saturated carbocycles. The Balaban J connectivity index is 2.05. The number of hydrogen-bond donors (Lipinski definition) is 1. The average molecular weight is 263 g/mol. The molecule has 0 aliphatic carbocycles. The first kappa shape index (κ1) is 11.6. The summed E-state index contributed by atoms with van der Waals surface area (Å²) >= 11 is 2.00. The molecule has 1 saturated heterocycles. The summed E-state index contributed by atoms with van der Waals surface area (Å²) in [5.74, 6) is 2.54. The van der Waals surface area contributed by atoms with Gasteiger partial charge in [-0.05, 0) is 13.8 Å². The van der Waals surface area contributed by atoms with E-state index >= 15 is 0 Å². The molecular weight excluding hydrogens is 246 g/mol. The Bertz CT molecular complexity index is 577. The third-order valence-electron chi connectivity index (χ3n) is 3.10. The number of fused-ring (bicyclic) bond motifs is 1. The van der Waals surface area contributed by atoms with E-state index in [0.29, 0.717) is 5.82 Å². The van der Waals surface area contributed by atoms with Crippen molar-refractivity contribution in [3.63, 3.8) is 0 Å². The van der Waals surface area contributed by atoms with Crippen molar-refractivity contribution in [2.75, 3.05) is 29.5 Å². The minimum Gasteiger partial charge on any atom is -0.382 e. The molecule has 1 fully saturated rings. The summed E-state index contributed by atoms with van der Waals surface area (Å²) in [5.41, 5.74) is 6.75. The van der Waals surface area contributed by atoms with Gasteiger partial charge in [-0.15, -0.1) is 0 Å². The summed E-state index contributed by atoms with van der Waals surface area (Å²) in [4.78, 5) is 11.1. The van der Waals surface area contributed by atoms with Crippen molar-refractivity contribution in [2.45, 2.75) is 18.6 Å². The SMILES string of the molecule is CC1(C)CN(c2nc(N)cn3ccnc23)CCS1. The lowest BCUT2D eigenvalue weighted by Gasteiger charge is -2.38. The monoisotopic (exact) mass is 263 g/mol. The number of nitrogen functional groups attached to an aromatic ring is 1. The molecule has 3 heterocycles. The number of nitrogens with two attached hydrogens (primary N) is 1. The van der Waals surface area contributed by atoms with Gasteiger partial charge in [-0.25, -0.2) is 9.97 Å². The molecule has 0 aromatic carbocycles. The largest absolute Gasteiger partial charge is 0.382 e. The molecule has 5 nitrogen and oxygen atoms in total. The third kappa shape index (κ3) is 2.01. The zero-order valence-corrected chi connectivity index (χ0v) is 11.4. The van der Waals surface area contributed by atoms with E-state index in [1.165, 1.54) is 0 Å². The van der Waals surface area contributed by atoms with E-state index in [2.05, 4.69) is 28.7 Å². The molecule has 0 spiro atoms. The van der Waals surface area contributed by atoms with Gasteiger partial charge in [0.05, 0.1) is 6.20 Å². The number of thioether (sulfide) groups is 1. The summed E-state index contributed by atoms with van der Waals surface area (Å²) in [7, 11) is 0. The molecule has 2 N–H and O–H groups in total. The van der Waals surface area contributed by atoms with Crippen LogP contribution < -0.4 is 10.6 Å². The maximum Gasteiger partial charge on any atom is 0.180 e. The maximum atomic E-state index is 5.87. The summed E-state index contributed by atoms with van der Waals surface area (Å²) in [6.07, 6.45) is 5.49. The minimum absolute atomic E-state index is 0.244. The summed E-state index contributed by atoms with van der Waals surface area (Å²) in [6, 6.07) is 0. The van der Waals surface area contributed by atoms with Gasteiger partial charge in [0.1, 0.15) is 5.82 Å². The maximum absolute atomic E-state index is 5.87. The zero-order valence-electron chi connectivity index (χ0n) is 10.6. The topological polar surface area (TPSA) is 59.5 Å². The van der Waals surface area contributed by atoms with Crippen LogP contribution in [0, 0.1) is 0 Å². The van der Waals surface area contributed by atoms with E-state index in [0.717, 1.165) is 30.3 Å². The molecule has 96 valence electrons. The second kappa shape index (κ2) is 4.05. The van der Waals surface area contributed by atoms with Crippen molar-refractivity contribution in [1.29, 1.82) is 0 Å². The highest BCUT2D eigenvalue weighted by Gasteiger charge is 2.29. The van der Waals surface area contributed by atoms with Gasteiger partial charge in [0.15, 0.2) is 11.5 Å². The quantitative estimate of drug-likeness (QED) is 0.847. The van der Waals surface area contributed by atoms with Crippen LogP contribution in [0.1, 0.15) is 13.8 Å². The predicted octanol–water partition coefficient (Wildman–Crippen LogP) is 1.64. The second-order valence-electron chi connectivity index (χ2n) is 5.18. The number of hydrogen-bond acceptors (Lipinski definition) is 5. The first-order chi connectivity index (χ1) is 8.55. The molecule has 0 radical (unpaired) electrons. The number of aromatic nitrogens is 3. The van der Waals surface area contributed by atoms with Gasteiger partial charge >= 0.3 is 0 Å². The smallest absolute Gasteiger partial charge is 0.180 e. The van der Waals surface area contributed by atoms with Crippen LogP contribution in [0.4, 0.5) is 11.6 Å². The Morgan fingerprint density at radius 3 is 3.06 bits per heavy atom. The fourth-order valence-electron chi connectivity index (χ4n) is 2.34. The normalized spacial score (nSPS) is 19.3. The summed E-state index contributed by atoms with van der Waals surface area (Å²) in [5, 5.41) is 0. The van der Waals surface area contributed by atoms with Crippen LogP contribution in [0.15, 0.2) is 18.6 Å². The highest BCUT2D eigenvalue weighted by Crippen LogP contribution is 2.32. The van der Waals surface area contributed by atoms with E-state index in [9.17, 15) is 0 Å². The lowest BCUT2D eigenvalue weighted by Crippen LogP contribution is -2.43. The Labute approximate surface area is 110 Å². The van der Waals surface area contributed by atoms with Gasteiger partial charge in [-0.1, -0.05) is 0 Å². The van der Waals surface area contributed by atoms with Crippen LogP contribution in [0.5, 0.6) is 0 Å². The Morgan fingerprint density at radius 2 is 2.28 bits per heavy atom. The highest BCUT2D eigenvalue weighted by molar-refractivity contribution is 8.00. The van der Waals surface area contributed by atoms with Gasteiger partial charge in [0.25, 0.3) is 0 Å². The molecular formula is C12H17N5S. The Morgan fingerprint density at radius 1 is 1.44 bits per heavy atom. The van der Waals surface area contributed by atoms with Crippen molar-refractivity contribution >= 4 is 29.0 Å². The third-order valence-corrected chi connectivity index (χ3v) is 4.40.